The van der Waals surface area contributed by atoms with E-state index in [4.69, 9.17) is 5.11 Å². The van der Waals surface area contributed by atoms with Crippen LogP contribution >= 0.6 is 0 Å². The average molecular weight is 257 g/mol. The first-order valence-electron chi connectivity index (χ1n) is 4.98. The Labute approximate surface area is 96.6 Å². The van der Waals surface area contributed by atoms with Crippen molar-refractivity contribution in [2.24, 2.45) is 0 Å². The van der Waals surface area contributed by atoms with Gasteiger partial charge in [0, 0.05) is 18.9 Å². The number of aliphatic carboxylic acids is 1. The molecule has 100 valence electrons. The number of carbonyl (C=O) groups is 1. The first-order chi connectivity index (χ1) is 7.72. The molecule has 0 spiro atoms. The number of halogens is 4. The molecule has 0 atom stereocenters. The molecule has 0 saturated carbocycles. The van der Waals surface area contributed by atoms with E-state index in [1.807, 2.05) is 12.4 Å². The van der Waals surface area contributed by atoms with E-state index in [9.17, 15) is 22.1 Å². The van der Waals surface area contributed by atoms with Crippen molar-refractivity contribution in [3.8, 4) is 0 Å². The Morgan fingerprint density at radius 1 is 1.29 bits per heavy atom. The lowest BCUT2D eigenvalue weighted by atomic mass is 10.3. The number of hydrogen-bond donors (Lipinski definition) is 1. The van der Waals surface area contributed by atoms with E-state index in [1.54, 1.807) is 4.90 Å². The average Bonchev–Trinajstić information content (AvgIpc) is 2.48. The van der Waals surface area contributed by atoms with Crippen LogP contribution in [0.2, 0.25) is 0 Å². The minimum absolute atomic E-state index is 0.0940. The maximum absolute atomic E-state index is 10.3. The van der Waals surface area contributed by atoms with Gasteiger partial charge in [-0.05, 0) is 6.42 Å². The first kappa shape index (κ1) is 15.6. The monoisotopic (exact) mass is 257 g/mol. The predicted octanol–water partition coefficient (Wildman–Crippen LogP) is 1.83. The summed E-state index contributed by atoms with van der Waals surface area (Å²) in [6.45, 7) is 3.90. The number of hydrogen-bond acceptors (Lipinski definition) is 3. The summed E-state index contributed by atoms with van der Waals surface area (Å²) in [6, 6.07) is 0. The van der Waals surface area contributed by atoms with Gasteiger partial charge in [-0.3, -0.25) is 4.79 Å². The third-order valence-corrected chi connectivity index (χ3v) is 1.70. The molecule has 0 bridgehead atoms. The van der Waals surface area contributed by atoms with Crippen molar-refractivity contribution in [3.05, 3.63) is 12.4 Å². The molecule has 0 unspecified atom stereocenters. The molecular formula is C8H14BF4N2O2-. The summed E-state index contributed by atoms with van der Waals surface area (Å²) in [5.41, 5.74) is 0. The van der Waals surface area contributed by atoms with E-state index in [-0.39, 0.29) is 6.54 Å². The summed E-state index contributed by atoms with van der Waals surface area (Å²) in [5, 5.41) is 8.50. The first-order valence-corrected chi connectivity index (χ1v) is 4.98. The third kappa shape index (κ3) is 10.9. The molecule has 0 aromatic carbocycles. The van der Waals surface area contributed by atoms with Gasteiger partial charge >= 0.3 is 13.2 Å². The van der Waals surface area contributed by atoms with Gasteiger partial charge in [0.2, 0.25) is 0 Å². The van der Waals surface area contributed by atoms with E-state index in [0.717, 1.165) is 13.0 Å². The topological polar surface area (TPSA) is 43.8 Å². The van der Waals surface area contributed by atoms with E-state index < -0.39 is 13.2 Å². The Bertz CT molecular complexity index is 267. The molecule has 17 heavy (non-hydrogen) atoms. The Morgan fingerprint density at radius 3 is 2.18 bits per heavy atom. The highest BCUT2D eigenvalue weighted by atomic mass is 19.5. The molecule has 1 aliphatic heterocycles. The molecule has 0 radical (unpaired) electrons. The van der Waals surface area contributed by atoms with Gasteiger partial charge in [-0.2, -0.15) is 0 Å². The van der Waals surface area contributed by atoms with Crippen molar-refractivity contribution >= 4 is 13.2 Å². The van der Waals surface area contributed by atoms with Crippen LogP contribution < -0.4 is 0 Å². The van der Waals surface area contributed by atoms with Crippen LogP contribution in [-0.2, 0) is 4.79 Å². The van der Waals surface area contributed by atoms with Crippen molar-refractivity contribution < 1.29 is 27.2 Å². The lowest BCUT2D eigenvalue weighted by Crippen LogP contribution is -2.29. The third-order valence-electron chi connectivity index (χ3n) is 1.70. The summed E-state index contributed by atoms with van der Waals surface area (Å²) in [5.74, 6) is -0.780. The van der Waals surface area contributed by atoms with Crippen molar-refractivity contribution in [2.75, 3.05) is 19.8 Å². The molecule has 0 aromatic rings. The molecule has 1 heterocycles. The quantitative estimate of drug-likeness (QED) is 0.616. The van der Waals surface area contributed by atoms with Crippen LogP contribution in [0.5, 0.6) is 0 Å². The minimum Gasteiger partial charge on any atom is -0.480 e. The molecule has 9 heteroatoms. The van der Waals surface area contributed by atoms with E-state index in [1.165, 1.54) is 0 Å². The molecule has 0 aliphatic carbocycles. The summed E-state index contributed by atoms with van der Waals surface area (Å²) < 4.78 is 39.0. The van der Waals surface area contributed by atoms with Crippen LogP contribution in [0, 0.1) is 0 Å². The number of nitrogens with zero attached hydrogens (tertiary/aromatic N) is 2. The van der Waals surface area contributed by atoms with Crippen molar-refractivity contribution in [1.29, 1.82) is 0 Å². The smallest absolute Gasteiger partial charge is 0.480 e. The lowest BCUT2D eigenvalue weighted by Gasteiger charge is -2.18. The van der Waals surface area contributed by atoms with Gasteiger partial charge in [0.25, 0.3) is 0 Å². The zero-order valence-corrected chi connectivity index (χ0v) is 9.32. The highest BCUT2D eigenvalue weighted by Gasteiger charge is 2.20. The van der Waals surface area contributed by atoms with E-state index >= 15 is 0 Å². The molecule has 0 saturated heterocycles. The molecule has 1 N–H and O–H groups in total. The number of rotatable bonds is 4. The van der Waals surface area contributed by atoms with Crippen LogP contribution in [0.15, 0.2) is 12.4 Å². The SMILES string of the molecule is CCCN1C=CN(CC(=O)O)C1.F[B-](F)(F)F. The van der Waals surface area contributed by atoms with E-state index in [0.29, 0.717) is 6.67 Å². The summed E-state index contributed by atoms with van der Waals surface area (Å²) in [7, 11) is -6.00. The predicted molar refractivity (Wildman–Crippen MR) is 55.5 cm³/mol. The Hall–Kier alpha value is -1.41. The number of carboxylic acids is 1. The minimum atomic E-state index is -6.00. The Balaban J connectivity index is 0.000000437. The van der Waals surface area contributed by atoms with Gasteiger partial charge in [-0.1, -0.05) is 6.92 Å². The van der Waals surface area contributed by atoms with Gasteiger partial charge in [0.1, 0.15) is 6.54 Å². The van der Waals surface area contributed by atoms with Gasteiger partial charge in [0.15, 0.2) is 0 Å². The van der Waals surface area contributed by atoms with E-state index in [2.05, 4.69) is 11.8 Å². The fraction of sp³-hybridized carbons (Fsp3) is 0.625. The molecule has 4 nitrogen and oxygen atoms in total. The van der Waals surface area contributed by atoms with Crippen molar-refractivity contribution in [2.45, 2.75) is 13.3 Å². The van der Waals surface area contributed by atoms with Gasteiger partial charge in [-0.15, -0.1) is 0 Å². The van der Waals surface area contributed by atoms with Crippen LogP contribution in [-0.4, -0.2) is 47.9 Å². The standard InChI is InChI=1S/C8H14N2O2.BF4/c1-2-3-9-4-5-10(7-9)6-8(11)12;2-1(3,4)5/h4-5H,2-3,6-7H2,1H3,(H,11,12);/q;-1. The maximum atomic E-state index is 10.3. The van der Waals surface area contributed by atoms with Crippen molar-refractivity contribution in [1.82, 2.24) is 9.80 Å². The second kappa shape index (κ2) is 7.03. The highest BCUT2D eigenvalue weighted by Crippen LogP contribution is 2.06. The summed E-state index contributed by atoms with van der Waals surface area (Å²) >= 11 is 0. The fourth-order valence-electron chi connectivity index (χ4n) is 1.23. The lowest BCUT2D eigenvalue weighted by molar-refractivity contribution is -0.137. The second-order valence-electron chi connectivity index (χ2n) is 3.39. The zero-order valence-electron chi connectivity index (χ0n) is 9.32. The maximum Gasteiger partial charge on any atom is 0.673 e. The molecule has 0 amide bonds. The van der Waals surface area contributed by atoms with Gasteiger partial charge < -0.3 is 32.2 Å². The summed E-state index contributed by atoms with van der Waals surface area (Å²) in [6.07, 6.45) is 4.85. The number of carboxylic acid groups (broad SMARTS) is 1. The largest absolute Gasteiger partial charge is 0.673 e. The normalized spacial score (nSPS) is 14.6. The molecule has 1 rings (SSSR count). The van der Waals surface area contributed by atoms with Crippen molar-refractivity contribution in [3.63, 3.8) is 0 Å². The zero-order chi connectivity index (χ0) is 13.5. The molecular weight excluding hydrogens is 243 g/mol. The molecule has 0 fully saturated rings. The van der Waals surface area contributed by atoms with Gasteiger partial charge in [0.05, 0.1) is 6.67 Å². The van der Waals surface area contributed by atoms with Crippen LogP contribution in [0.4, 0.5) is 17.3 Å². The Morgan fingerprint density at radius 2 is 1.76 bits per heavy atom. The van der Waals surface area contributed by atoms with Crippen LogP contribution in [0.1, 0.15) is 13.3 Å². The van der Waals surface area contributed by atoms with Crippen LogP contribution in [0.25, 0.3) is 0 Å². The molecule has 0 aromatic heterocycles. The Kier molecular flexibility index (Phi) is 6.44. The van der Waals surface area contributed by atoms with Gasteiger partial charge in [-0.25, -0.2) is 0 Å². The summed E-state index contributed by atoms with van der Waals surface area (Å²) in [4.78, 5) is 14.2. The highest BCUT2D eigenvalue weighted by molar-refractivity contribution is 6.50. The van der Waals surface area contributed by atoms with Crippen LogP contribution in [0.3, 0.4) is 0 Å². The second-order valence-corrected chi connectivity index (χ2v) is 3.39. The molecule has 1 aliphatic rings. The fourth-order valence-corrected chi connectivity index (χ4v) is 1.23.